The van der Waals surface area contributed by atoms with E-state index in [4.69, 9.17) is 0 Å². The van der Waals surface area contributed by atoms with Crippen LogP contribution >= 0.6 is 0 Å². The number of likely N-dealkylation sites (tertiary alicyclic amines) is 1. The number of pyridine rings is 1. The molecule has 1 atom stereocenters. The summed E-state index contributed by atoms with van der Waals surface area (Å²) in [5, 5.41) is 0. The quantitative estimate of drug-likeness (QED) is 0.879. The number of carbonyl (C=O) groups excluding carboxylic acids is 1. The van der Waals surface area contributed by atoms with Crippen LogP contribution in [0, 0.1) is 12.3 Å². The van der Waals surface area contributed by atoms with Crippen molar-refractivity contribution in [3.63, 3.8) is 0 Å². The first-order valence-electron chi connectivity index (χ1n) is 9.63. The van der Waals surface area contributed by atoms with E-state index < -0.39 is 0 Å². The number of hydrogen-bond acceptors (Lipinski definition) is 4. The van der Waals surface area contributed by atoms with Gasteiger partial charge in [0.15, 0.2) is 0 Å². The lowest BCUT2D eigenvalue weighted by atomic mass is 9.80. The molecule has 0 spiro atoms. The van der Waals surface area contributed by atoms with Gasteiger partial charge in [0.2, 0.25) is 5.91 Å². The Morgan fingerprint density at radius 2 is 2.04 bits per heavy atom. The first-order chi connectivity index (χ1) is 12.8. The smallest absolute Gasteiger partial charge is 0.255 e. The Kier molecular flexibility index (Phi) is 5.44. The summed E-state index contributed by atoms with van der Waals surface area (Å²) in [4.78, 5) is 38.9. The normalized spacial score (nSPS) is 17.3. The van der Waals surface area contributed by atoms with Crippen LogP contribution in [0.2, 0.25) is 0 Å². The van der Waals surface area contributed by atoms with Crippen molar-refractivity contribution in [1.82, 2.24) is 19.9 Å². The van der Waals surface area contributed by atoms with Gasteiger partial charge >= 0.3 is 0 Å². The van der Waals surface area contributed by atoms with Gasteiger partial charge in [-0.2, -0.15) is 0 Å². The summed E-state index contributed by atoms with van der Waals surface area (Å²) in [5.41, 5.74) is 1.69. The maximum absolute atomic E-state index is 13.0. The van der Waals surface area contributed by atoms with Crippen molar-refractivity contribution in [2.45, 2.75) is 59.4 Å². The molecule has 1 fully saturated rings. The van der Waals surface area contributed by atoms with E-state index in [1.807, 2.05) is 4.90 Å². The van der Waals surface area contributed by atoms with Crippen LogP contribution in [0.15, 0.2) is 29.3 Å². The van der Waals surface area contributed by atoms with Gasteiger partial charge in [0.05, 0.1) is 6.42 Å². The Balaban J connectivity index is 1.83. The molecule has 1 aliphatic rings. The minimum atomic E-state index is -0.242. The van der Waals surface area contributed by atoms with Gasteiger partial charge in [0, 0.05) is 41.8 Å². The van der Waals surface area contributed by atoms with Crippen LogP contribution in [0.25, 0.3) is 11.4 Å². The van der Waals surface area contributed by atoms with E-state index >= 15 is 0 Å². The van der Waals surface area contributed by atoms with Crippen LogP contribution in [-0.4, -0.2) is 38.3 Å². The molecule has 6 heteroatoms. The number of nitrogens with one attached hydrogen (secondary N) is 1. The van der Waals surface area contributed by atoms with Crippen molar-refractivity contribution < 1.29 is 4.79 Å². The minimum Gasteiger partial charge on any atom is -0.339 e. The van der Waals surface area contributed by atoms with Crippen molar-refractivity contribution in [2.24, 2.45) is 5.41 Å². The van der Waals surface area contributed by atoms with E-state index in [1.165, 1.54) is 0 Å². The molecule has 3 heterocycles. The van der Waals surface area contributed by atoms with Crippen molar-refractivity contribution in [3.05, 3.63) is 46.1 Å². The Morgan fingerprint density at radius 1 is 1.33 bits per heavy atom. The lowest BCUT2D eigenvalue weighted by Gasteiger charge is -2.37. The molecule has 1 amide bonds. The fourth-order valence-electron chi connectivity index (χ4n) is 3.83. The summed E-state index contributed by atoms with van der Waals surface area (Å²) in [6, 6.07) is 3.83. The molecule has 144 valence electrons. The second-order valence-electron chi connectivity index (χ2n) is 7.98. The van der Waals surface area contributed by atoms with E-state index in [2.05, 4.69) is 35.7 Å². The Labute approximate surface area is 160 Å². The van der Waals surface area contributed by atoms with Crippen LogP contribution in [0.3, 0.4) is 0 Å². The van der Waals surface area contributed by atoms with Gasteiger partial charge in [-0.25, -0.2) is 4.98 Å². The number of carbonyl (C=O) groups is 1. The molecule has 1 unspecified atom stereocenters. The van der Waals surface area contributed by atoms with Gasteiger partial charge in [-0.15, -0.1) is 0 Å². The van der Waals surface area contributed by atoms with Crippen LogP contribution < -0.4 is 5.56 Å². The summed E-state index contributed by atoms with van der Waals surface area (Å²) in [7, 11) is 0. The van der Waals surface area contributed by atoms with E-state index in [0.29, 0.717) is 17.1 Å². The zero-order valence-corrected chi connectivity index (χ0v) is 16.6. The molecule has 2 aromatic rings. The third-order valence-corrected chi connectivity index (χ3v) is 5.89. The van der Waals surface area contributed by atoms with Crippen LogP contribution in [-0.2, 0) is 11.2 Å². The van der Waals surface area contributed by atoms with E-state index in [1.54, 1.807) is 31.5 Å². The van der Waals surface area contributed by atoms with Crippen molar-refractivity contribution in [1.29, 1.82) is 0 Å². The lowest BCUT2D eigenvalue weighted by molar-refractivity contribution is -0.133. The highest BCUT2D eigenvalue weighted by Crippen LogP contribution is 2.36. The second-order valence-corrected chi connectivity index (χ2v) is 7.98. The molecule has 1 saturated heterocycles. The lowest BCUT2D eigenvalue weighted by Crippen LogP contribution is -2.45. The summed E-state index contributed by atoms with van der Waals surface area (Å²) in [6.45, 7) is 9.16. The summed E-state index contributed by atoms with van der Waals surface area (Å²) in [6.07, 6.45) is 6.48. The Morgan fingerprint density at radius 3 is 2.67 bits per heavy atom. The van der Waals surface area contributed by atoms with E-state index in [-0.39, 0.29) is 29.3 Å². The molecule has 6 nitrogen and oxygen atoms in total. The van der Waals surface area contributed by atoms with Crippen molar-refractivity contribution >= 4 is 5.91 Å². The van der Waals surface area contributed by atoms with Gasteiger partial charge in [-0.05, 0) is 43.7 Å². The standard InChI is InChI=1S/C21H28N4O2/c1-5-21(3,4)17-7-6-12-25(17)18(26)13-16-14(2)23-19(24-20(16)27)15-8-10-22-11-9-15/h8-11,17H,5-7,12-13H2,1-4H3,(H,23,24,27). The number of nitrogens with zero attached hydrogens (tertiary/aromatic N) is 3. The van der Waals surface area contributed by atoms with E-state index in [9.17, 15) is 9.59 Å². The maximum atomic E-state index is 13.0. The third-order valence-electron chi connectivity index (χ3n) is 5.89. The molecule has 0 radical (unpaired) electrons. The van der Waals surface area contributed by atoms with Gasteiger partial charge in [-0.1, -0.05) is 20.8 Å². The highest BCUT2D eigenvalue weighted by molar-refractivity contribution is 5.79. The topological polar surface area (TPSA) is 79.0 Å². The molecule has 0 aromatic carbocycles. The minimum absolute atomic E-state index is 0.0195. The van der Waals surface area contributed by atoms with Gasteiger partial charge in [-0.3, -0.25) is 14.6 Å². The van der Waals surface area contributed by atoms with Crippen LogP contribution in [0.1, 0.15) is 51.3 Å². The van der Waals surface area contributed by atoms with Crippen LogP contribution in [0.4, 0.5) is 0 Å². The van der Waals surface area contributed by atoms with Crippen LogP contribution in [0.5, 0.6) is 0 Å². The van der Waals surface area contributed by atoms with Crippen molar-refractivity contribution in [3.8, 4) is 11.4 Å². The second kappa shape index (κ2) is 7.62. The fraction of sp³-hybridized carbons (Fsp3) is 0.524. The number of aromatic nitrogens is 3. The molecule has 1 N–H and O–H groups in total. The fourth-order valence-corrected chi connectivity index (χ4v) is 3.83. The SMILES string of the molecule is CCC(C)(C)C1CCCN1C(=O)Cc1c(C)nc(-c2ccncc2)[nH]c1=O. The molecule has 0 bridgehead atoms. The Hall–Kier alpha value is -2.50. The average Bonchev–Trinajstić information content (AvgIpc) is 3.16. The number of aryl methyl sites for hydroxylation is 1. The number of hydrogen-bond donors (Lipinski definition) is 1. The van der Waals surface area contributed by atoms with Gasteiger partial charge < -0.3 is 9.88 Å². The molecular formula is C21H28N4O2. The first kappa shape index (κ1) is 19.3. The largest absolute Gasteiger partial charge is 0.339 e. The number of rotatable bonds is 5. The van der Waals surface area contributed by atoms with E-state index in [0.717, 1.165) is 31.4 Å². The zero-order chi connectivity index (χ0) is 19.6. The summed E-state index contributed by atoms with van der Waals surface area (Å²) >= 11 is 0. The predicted molar refractivity (Wildman–Crippen MR) is 105 cm³/mol. The number of aromatic amines is 1. The highest BCUT2D eigenvalue weighted by Gasteiger charge is 2.38. The molecule has 0 saturated carbocycles. The molecule has 0 aliphatic carbocycles. The van der Waals surface area contributed by atoms with Gasteiger partial charge in [0.1, 0.15) is 5.82 Å². The number of amides is 1. The third kappa shape index (κ3) is 3.94. The molecular weight excluding hydrogens is 340 g/mol. The average molecular weight is 368 g/mol. The summed E-state index contributed by atoms with van der Waals surface area (Å²) < 4.78 is 0. The predicted octanol–water partition coefficient (Wildman–Crippen LogP) is 3.11. The molecule has 3 rings (SSSR count). The van der Waals surface area contributed by atoms with Gasteiger partial charge in [0.25, 0.3) is 5.56 Å². The molecule has 27 heavy (non-hydrogen) atoms. The monoisotopic (exact) mass is 368 g/mol. The first-order valence-corrected chi connectivity index (χ1v) is 9.63. The van der Waals surface area contributed by atoms with Crippen molar-refractivity contribution in [2.75, 3.05) is 6.54 Å². The summed E-state index contributed by atoms with van der Waals surface area (Å²) in [5.74, 6) is 0.522. The zero-order valence-electron chi connectivity index (χ0n) is 16.6. The highest BCUT2D eigenvalue weighted by atomic mass is 16.2. The maximum Gasteiger partial charge on any atom is 0.255 e. The molecule has 1 aliphatic heterocycles. The molecule has 2 aromatic heterocycles. The Bertz CT molecular complexity index is 873. The number of H-pyrrole nitrogens is 1.